The van der Waals surface area contributed by atoms with Crippen LogP contribution in [0.1, 0.15) is 11.4 Å². The molecule has 0 atom stereocenters. The molecule has 0 saturated carbocycles. The lowest BCUT2D eigenvalue weighted by atomic mass is 10.1. The van der Waals surface area contributed by atoms with Gasteiger partial charge in [0.05, 0.1) is 5.52 Å². The molecule has 0 fully saturated rings. The molecule has 0 unspecified atom stereocenters. The summed E-state index contributed by atoms with van der Waals surface area (Å²) in [6.07, 6.45) is 2.44. The summed E-state index contributed by atoms with van der Waals surface area (Å²) < 4.78 is 1.78. The van der Waals surface area contributed by atoms with Crippen LogP contribution in [0.25, 0.3) is 15.9 Å². The van der Waals surface area contributed by atoms with Crippen LogP contribution in [0, 0.1) is 0 Å². The van der Waals surface area contributed by atoms with Gasteiger partial charge in [0, 0.05) is 28.7 Å². The fraction of sp³-hybridized carbons (Fsp3) is 0.0526. The van der Waals surface area contributed by atoms with Gasteiger partial charge in [-0.05, 0) is 42.0 Å². The van der Waals surface area contributed by atoms with Crippen molar-refractivity contribution in [1.82, 2.24) is 24.8 Å². The van der Waals surface area contributed by atoms with Gasteiger partial charge in [-0.25, -0.2) is 0 Å². The van der Waals surface area contributed by atoms with Crippen LogP contribution in [0.3, 0.4) is 0 Å². The first-order valence-corrected chi connectivity index (χ1v) is 9.51. The maximum absolute atomic E-state index is 6.04. The third kappa shape index (κ3) is 3.22. The summed E-state index contributed by atoms with van der Waals surface area (Å²) >= 11 is 7.48. The third-order valence-corrected chi connectivity index (χ3v) is 5.21. The van der Waals surface area contributed by atoms with Gasteiger partial charge in [-0.1, -0.05) is 41.1 Å². The number of fused-ring (bicyclic) bond motifs is 2. The predicted octanol–water partition coefficient (Wildman–Crippen LogP) is 4.72. The first kappa shape index (κ1) is 16.2. The molecule has 0 aliphatic carbocycles. The largest absolute Gasteiger partial charge is 0.330 e. The maximum Gasteiger partial charge on any atom is 0.236 e. The molecule has 0 radical (unpaired) electrons. The predicted molar refractivity (Wildman–Crippen MR) is 108 cm³/mol. The zero-order valence-electron chi connectivity index (χ0n) is 14.0. The SMILES string of the molecule is Clc1cccc(Nc2nn3c(Cc4ccc5ncccc5c4)nnc3s2)c1. The highest BCUT2D eigenvalue weighted by Gasteiger charge is 2.13. The van der Waals surface area contributed by atoms with E-state index in [1.807, 2.05) is 36.4 Å². The van der Waals surface area contributed by atoms with E-state index in [1.165, 1.54) is 11.3 Å². The van der Waals surface area contributed by atoms with Gasteiger partial charge in [0.25, 0.3) is 0 Å². The van der Waals surface area contributed by atoms with Crippen LogP contribution in [0.5, 0.6) is 0 Å². The zero-order valence-corrected chi connectivity index (χ0v) is 15.6. The van der Waals surface area contributed by atoms with Crippen molar-refractivity contribution in [3.8, 4) is 0 Å². The molecule has 1 N–H and O–H groups in total. The molecule has 0 bridgehead atoms. The second-order valence-electron chi connectivity index (χ2n) is 6.06. The van der Waals surface area contributed by atoms with Crippen LogP contribution in [0.2, 0.25) is 5.02 Å². The Hall–Kier alpha value is -3.03. The van der Waals surface area contributed by atoms with Crippen LogP contribution in [0.4, 0.5) is 10.8 Å². The molecule has 0 spiro atoms. The molecule has 0 saturated heterocycles. The van der Waals surface area contributed by atoms with E-state index in [4.69, 9.17) is 11.6 Å². The smallest absolute Gasteiger partial charge is 0.236 e. The number of hydrogen-bond donors (Lipinski definition) is 1. The molecule has 5 aromatic rings. The second-order valence-corrected chi connectivity index (χ2v) is 7.45. The number of anilines is 2. The number of pyridine rings is 1. The normalized spacial score (nSPS) is 11.3. The molecule has 27 heavy (non-hydrogen) atoms. The summed E-state index contributed by atoms with van der Waals surface area (Å²) in [5, 5.41) is 18.9. The Bertz CT molecular complexity index is 1260. The van der Waals surface area contributed by atoms with E-state index < -0.39 is 0 Å². The average molecular weight is 393 g/mol. The second kappa shape index (κ2) is 6.61. The Morgan fingerprint density at radius 2 is 2.00 bits per heavy atom. The van der Waals surface area contributed by atoms with Gasteiger partial charge < -0.3 is 5.32 Å². The first-order valence-electron chi connectivity index (χ1n) is 8.32. The van der Waals surface area contributed by atoms with Crippen molar-refractivity contribution < 1.29 is 0 Å². The lowest BCUT2D eigenvalue weighted by Crippen LogP contribution is -1.99. The zero-order chi connectivity index (χ0) is 18.2. The summed E-state index contributed by atoms with van der Waals surface area (Å²) in [7, 11) is 0. The van der Waals surface area contributed by atoms with Crippen molar-refractivity contribution in [2.75, 3.05) is 5.32 Å². The van der Waals surface area contributed by atoms with Gasteiger partial charge in [-0.15, -0.1) is 15.3 Å². The number of nitrogens with zero attached hydrogens (tertiary/aromatic N) is 5. The Labute approximate surface area is 163 Å². The van der Waals surface area contributed by atoms with Crippen LogP contribution in [-0.2, 0) is 6.42 Å². The molecular weight excluding hydrogens is 380 g/mol. The summed E-state index contributed by atoms with van der Waals surface area (Å²) in [5.41, 5.74) is 3.01. The Kier molecular flexibility index (Phi) is 3.95. The lowest BCUT2D eigenvalue weighted by Gasteiger charge is -2.02. The summed E-state index contributed by atoms with van der Waals surface area (Å²) in [6.45, 7) is 0. The highest BCUT2D eigenvalue weighted by atomic mass is 35.5. The van der Waals surface area contributed by atoms with E-state index in [1.54, 1.807) is 10.7 Å². The van der Waals surface area contributed by atoms with Crippen molar-refractivity contribution in [2.24, 2.45) is 0 Å². The summed E-state index contributed by atoms with van der Waals surface area (Å²) in [5.74, 6) is 0.795. The molecule has 8 heteroatoms. The van der Waals surface area contributed by atoms with Crippen LogP contribution < -0.4 is 5.32 Å². The first-order chi connectivity index (χ1) is 13.2. The van der Waals surface area contributed by atoms with Gasteiger partial charge in [0.15, 0.2) is 5.82 Å². The Balaban J connectivity index is 1.44. The topological polar surface area (TPSA) is 68.0 Å². The number of halogens is 1. The fourth-order valence-corrected chi connectivity index (χ4v) is 3.89. The van der Waals surface area contributed by atoms with E-state index in [-0.39, 0.29) is 0 Å². The number of rotatable bonds is 4. The Morgan fingerprint density at radius 1 is 1.04 bits per heavy atom. The molecule has 6 nitrogen and oxygen atoms in total. The molecule has 0 aliphatic heterocycles. The summed E-state index contributed by atoms with van der Waals surface area (Å²) in [4.78, 5) is 5.10. The number of aromatic nitrogens is 5. The van der Waals surface area contributed by atoms with Crippen molar-refractivity contribution in [3.63, 3.8) is 0 Å². The van der Waals surface area contributed by atoms with E-state index in [0.717, 1.165) is 38.1 Å². The highest BCUT2D eigenvalue weighted by molar-refractivity contribution is 7.20. The molecule has 5 rings (SSSR count). The minimum Gasteiger partial charge on any atom is -0.330 e. The van der Waals surface area contributed by atoms with E-state index in [2.05, 4.69) is 43.8 Å². The fourth-order valence-electron chi connectivity index (χ4n) is 2.93. The monoisotopic (exact) mass is 392 g/mol. The number of hydrogen-bond acceptors (Lipinski definition) is 6. The standard InChI is InChI=1S/C19H13ClN6S/c20-14-4-1-5-15(11-14)22-18-25-26-17(23-24-19(26)27-18)10-12-6-7-16-13(9-12)3-2-8-21-16/h1-9,11H,10H2,(H,22,25). The highest BCUT2D eigenvalue weighted by Crippen LogP contribution is 2.25. The quantitative estimate of drug-likeness (QED) is 0.479. The minimum atomic E-state index is 0.645. The van der Waals surface area contributed by atoms with E-state index in [9.17, 15) is 0 Å². The average Bonchev–Trinajstić information content (AvgIpc) is 3.23. The van der Waals surface area contributed by atoms with Gasteiger partial charge in [-0.3, -0.25) is 4.98 Å². The maximum atomic E-state index is 6.04. The molecule has 0 amide bonds. The molecule has 3 aromatic heterocycles. The molecule has 3 heterocycles. The van der Waals surface area contributed by atoms with Crippen LogP contribution >= 0.6 is 22.9 Å². The number of benzene rings is 2. The van der Waals surface area contributed by atoms with Crippen molar-refractivity contribution in [2.45, 2.75) is 6.42 Å². The van der Waals surface area contributed by atoms with Crippen molar-refractivity contribution in [1.29, 1.82) is 0 Å². The third-order valence-electron chi connectivity index (χ3n) is 4.16. The van der Waals surface area contributed by atoms with Crippen LogP contribution in [0.15, 0.2) is 60.8 Å². The molecular formula is C19H13ClN6S. The van der Waals surface area contributed by atoms with Crippen molar-refractivity contribution in [3.05, 3.63) is 77.2 Å². The lowest BCUT2D eigenvalue weighted by molar-refractivity contribution is 0.855. The summed E-state index contributed by atoms with van der Waals surface area (Å²) in [6, 6.07) is 17.7. The minimum absolute atomic E-state index is 0.645. The van der Waals surface area contributed by atoms with Crippen LogP contribution in [-0.4, -0.2) is 24.8 Å². The van der Waals surface area contributed by atoms with Gasteiger partial charge in [-0.2, -0.15) is 4.52 Å². The van der Waals surface area contributed by atoms with Crippen molar-refractivity contribution >= 4 is 49.6 Å². The van der Waals surface area contributed by atoms with Gasteiger partial charge in [0.1, 0.15) is 0 Å². The molecule has 2 aromatic carbocycles. The van der Waals surface area contributed by atoms with E-state index >= 15 is 0 Å². The Morgan fingerprint density at radius 3 is 2.93 bits per heavy atom. The van der Waals surface area contributed by atoms with E-state index in [0.29, 0.717) is 11.4 Å². The van der Waals surface area contributed by atoms with Gasteiger partial charge in [0.2, 0.25) is 10.1 Å². The number of nitrogens with one attached hydrogen (secondary N) is 1. The molecule has 132 valence electrons. The molecule has 0 aliphatic rings. The van der Waals surface area contributed by atoms with Gasteiger partial charge >= 0.3 is 0 Å².